The number of hydrogen-bond acceptors (Lipinski definition) is 3. The van der Waals surface area contributed by atoms with Gasteiger partial charge in [-0.3, -0.25) is 9.48 Å². The van der Waals surface area contributed by atoms with Gasteiger partial charge in [-0.15, -0.1) is 11.3 Å². The molecule has 0 saturated heterocycles. The second kappa shape index (κ2) is 6.75. The smallest absolute Gasteiger partial charge is 0.269 e. The second-order valence-electron chi connectivity index (χ2n) is 5.13. The molecule has 0 radical (unpaired) electrons. The maximum atomic E-state index is 13.0. The van der Waals surface area contributed by atoms with E-state index in [9.17, 15) is 9.18 Å². The molecule has 118 valence electrons. The number of hydrogen-bond donors (Lipinski definition) is 1. The van der Waals surface area contributed by atoms with Crippen molar-refractivity contribution in [3.05, 3.63) is 64.2 Å². The van der Waals surface area contributed by atoms with E-state index < -0.39 is 0 Å². The molecule has 0 aliphatic heterocycles. The third kappa shape index (κ3) is 3.65. The molecule has 1 amide bonds. The van der Waals surface area contributed by atoms with Gasteiger partial charge in [0.15, 0.2) is 0 Å². The fourth-order valence-electron chi connectivity index (χ4n) is 2.29. The highest BCUT2D eigenvalue weighted by Crippen LogP contribution is 2.19. The highest BCUT2D eigenvalue weighted by atomic mass is 32.1. The number of amides is 1. The maximum absolute atomic E-state index is 13.0. The molecule has 0 aliphatic rings. The van der Waals surface area contributed by atoms with Crippen LogP contribution in [0.25, 0.3) is 11.3 Å². The summed E-state index contributed by atoms with van der Waals surface area (Å²) >= 11 is 1.68. The van der Waals surface area contributed by atoms with Crippen LogP contribution in [0.5, 0.6) is 0 Å². The zero-order chi connectivity index (χ0) is 16.2. The van der Waals surface area contributed by atoms with Gasteiger partial charge in [-0.25, -0.2) is 4.39 Å². The summed E-state index contributed by atoms with van der Waals surface area (Å²) in [6.45, 7) is 0.580. The molecule has 0 atom stereocenters. The van der Waals surface area contributed by atoms with E-state index in [1.807, 2.05) is 17.5 Å². The third-order valence-corrected chi connectivity index (χ3v) is 4.43. The van der Waals surface area contributed by atoms with Crippen LogP contribution in [-0.4, -0.2) is 22.2 Å². The summed E-state index contributed by atoms with van der Waals surface area (Å²) in [6.07, 6.45) is 0.812. The number of thiophene rings is 1. The van der Waals surface area contributed by atoms with Crippen LogP contribution in [-0.2, 0) is 13.5 Å². The standard InChI is InChI=1S/C17H16FN3OS/c1-21-16(17(22)19-9-8-14-3-2-10-23-14)11-15(20-21)12-4-6-13(18)7-5-12/h2-7,10-11H,8-9H2,1H3,(H,19,22). The third-order valence-electron chi connectivity index (χ3n) is 3.49. The Bertz CT molecular complexity index is 794. The van der Waals surface area contributed by atoms with Gasteiger partial charge in [0.05, 0.1) is 5.69 Å². The highest BCUT2D eigenvalue weighted by molar-refractivity contribution is 7.09. The van der Waals surface area contributed by atoms with Gasteiger partial charge in [-0.1, -0.05) is 6.07 Å². The number of benzene rings is 1. The molecule has 0 spiro atoms. The monoisotopic (exact) mass is 329 g/mol. The molecule has 23 heavy (non-hydrogen) atoms. The summed E-state index contributed by atoms with van der Waals surface area (Å²) in [4.78, 5) is 13.5. The first-order chi connectivity index (χ1) is 11.1. The minimum atomic E-state index is -0.295. The van der Waals surface area contributed by atoms with E-state index in [0.717, 1.165) is 12.0 Å². The van der Waals surface area contributed by atoms with Crippen LogP contribution in [0.2, 0.25) is 0 Å². The Morgan fingerprint density at radius 1 is 1.30 bits per heavy atom. The van der Waals surface area contributed by atoms with Crippen LogP contribution in [0.3, 0.4) is 0 Å². The predicted octanol–water partition coefficient (Wildman–Crippen LogP) is 3.26. The molecular weight excluding hydrogens is 313 g/mol. The molecule has 0 aliphatic carbocycles. The molecule has 3 aromatic rings. The van der Waals surface area contributed by atoms with Gasteiger partial charge in [0, 0.05) is 24.0 Å². The lowest BCUT2D eigenvalue weighted by Crippen LogP contribution is -2.27. The maximum Gasteiger partial charge on any atom is 0.269 e. The first-order valence-corrected chi connectivity index (χ1v) is 8.12. The molecule has 4 nitrogen and oxygen atoms in total. The van der Waals surface area contributed by atoms with Gasteiger partial charge in [0.2, 0.25) is 0 Å². The lowest BCUT2D eigenvalue weighted by Gasteiger charge is -2.03. The molecule has 0 unspecified atom stereocenters. The molecular formula is C17H16FN3OS. The topological polar surface area (TPSA) is 46.9 Å². The Hall–Kier alpha value is -2.47. The van der Waals surface area contributed by atoms with E-state index >= 15 is 0 Å². The van der Waals surface area contributed by atoms with Crippen molar-refractivity contribution in [2.45, 2.75) is 6.42 Å². The van der Waals surface area contributed by atoms with Gasteiger partial charge in [-0.05, 0) is 48.2 Å². The summed E-state index contributed by atoms with van der Waals surface area (Å²) in [7, 11) is 1.72. The van der Waals surface area contributed by atoms with E-state index in [4.69, 9.17) is 0 Å². The minimum Gasteiger partial charge on any atom is -0.350 e. The van der Waals surface area contributed by atoms with Crippen molar-refractivity contribution in [3.8, 4) is 11.3 Å². The molecule has 1 N–H and O–H groups in total. The summed E-state index contributed by atoms with van der Waals surface area (Å²) in [5.74, 6) is -0.457. The van der Waals surface area contributed by atoms with E-state index in [-0.39, 0.29) is 11.7 Å². The number of nitrogens with zero attached hydrogens (tertiary/aromatic N) is 2. The Balaban J connectivity index is 1.67. The van der Waals surface area contributed by atoms with Crippen LogP contribution < -0.4 is 5.32 Å². The SMILES string of the molecule is Cn1nc(-c2ccc(F)cc2)cc1C(=O)NCCc1cccs1. The van der Waals surface area contributed by atoms with Crippen LogP contribution in [0.4, 0.5) is 4.39 Å². The summed E-state index contributed by atoms with van der Waals surface area (Å²) in [5, 5.41) is 9.24. The zero-order valence-corrected chi connectivity index (χ0v) is 13.4. The van der Waals surface area contributed by atoms with Crippen LogP contribution >= 0.6 is 11.3 Å². The van der Waals surface area contributed by atoms with E-state index in [1.165, 1.54) is 17.0 Å². The fraction of sp³-hybridized carbons (Fsp3) is 0.176. The lowest BCUT2D eigenvalue weighted by atomic mass is 10.1. The number of carbonyl (C=O) groups excluding carboxylic acids is 1. The van der Waals surface area contributed by atoms with Crippen LogP contribution in [0.1, 0.15) is 15.4 Å². The Morgan fingerprint density at radius 3 is 2.78 bits per heavy atom. The van der Waals surface area contributed by atoms with E-state index in [0.29, 0.717) is 17.9 Å². The Labute approximate surface area is 137 Å². The fourth-order valence-corrected chi connectivity index (χ4v) is 3.00. The van der Waals surface area contributed by atoms with Crippen molar-refractivity contribution >= 4 is 17.2 Å². The molecule has 3 rings (SSSR count). The average molecular weight is 329 g/mol. The van der Waals surface area contributed by atoms with Gasteiger partial charge in [0.25, 0.3) is 5.91 Å². The Kier molecular flexibility index (Phi) is 4.52. The van der Waals surface area contributed by atoms with Crippen molar-refractivity contribution in [2.24, 2.45) is 7.05 Å². The minimum absolute atomic E-state index is 0.162. The quantitative estimate of drug-likeness (QED) is 0.781. The molecule has 0 bridgehead atoms. The molecule has 0 saturated carbocycles. The van der Waals surface area contributed by atoms with E-state index in [2.05, 4.69) is 10.4 Å². The molecule has 2 heterocycles. The first-order valence-electron chi connectivity index (χ1n) is 7.24. The number of nitrogens with one attached hydrogen (secondary N) is 1. The zero-order valence-electron chi connectivity index (χ0n) is 12.6. The van der Waals surface area contributed by atoms with Gasteiger partial charge < -0.3 is 5.32 Å². The van der Waals surface area contributed by atoms with Gasteiger partial charge in [-0.2, -0.15) is 5.10 Å². The van der Waals surface area contributed by atoms with Crippen molar-refractivity contribution in [3.63, 3.8) is 0 Å². The largest absolute Gasteiger partial charge is 0.350 e. The number of aryl methyl sites for hydroxylation is 1. The summed E-state index contributed by atoms with van der Waals surface area (Å²) in [5.41, 5.74) is 1.91. The second-order valence-corrected chi connectivity index (χ2v) is 6.16. The van der Waals surface area contributed by atoms with Crippen LogP contribution in [0.15, 0.2) is 47.8 Å². The highest BCUT2D eigenvalue weighted by Gasteiger charge is 2.14. The lowest BCUT2D eigenvalue weighted by molar-refractivity contribution is 0.0945. The number of carbonyl (C=O) groups is 1. The molecule has 2 aromatic heterocycles. The van der Waals surface area contributed by atoms with Gasteiger partial charge >= 0.3 is 0 Å². The molecule has 0 fully saturated rings. The van der Waals surface area contributed by atoms with Crippen molar-refractivity contribution in [1.29, 1.82) is 0 Å². The normalized spacial score (nSPS) is 10.7. The number of aromatic nitrogens is 2. The van der Waals surface area contributed by atoms with Crippen LogP contribution in [0, 0.1) is 5.82 Å². The predicted molar refractivity (Wildman–Crippen MR) is 89.0 cm³/mol. The van der Waals surface area contributed by atoms with Crippen molar-refractivity contribution < 1.29 is 9.18 Å². The first kappa shape index (κ1) is 15.4. The number of rotatable bonds is 5. The molecule has 6 heteroatoms. The van der Waals surface area contributed by atoms with E-state index in [1.54, 1.807) is 41.3 Å². The van der Waals surface area contributed by atoms with Gasteiger partial charge in [0.1, 0.15) is 11.5 Å². The van der Waals surface area contributed by atoms with Crippen molar-refractivity contribution in [2.75, 3.05) is 6.54 Å². The summed E-state index contributed by atoms with van der Waals surface area (Å²) < 4.78 is 14.5. The summed E-state index contributed by atoms with van der Waals surface area (Å²) in [6, 6.07) is 11.8. The number of halogens is 1. The molecule has 1 aromatic carbocycles. The Morgan fingerprint density at radius 2 is 2.09 bits per heavy atom. The van der Waals surface area contributed by atoms with Crippen molar-refractivity contribution in [1.82, 2.24) is 15.1 Å². The average Bonchev–Trinajstić information content (AvgIpc) is 3.17.